The van der Waals surface area contributed by atoms with Crippen molar-refractivity contribution in [3.05, 3.63) is 60.8 Å². The second-order valence-corrected chi connectivity index (χ2v) is 5.88. The van der Waals surface area contributed by atoms with Gasteiger partial charge >= 0.3 is 0 Å². The minimum absolute atomic E-state index is 0.312. The van der Waals surface area contributed by atoms with Gasteiger partial charge < -0.3 is 5.73 Å². The molecule has 26 heavy (non-hydrogen) atoms. The first-order valence-electron chi connectivity index (χ1n) is 9.40. The Hall–Kier alpha value is -2.56. The molecule has 5 N–H and O–H groups in total. The molecule has 0 bridgehead atoms. The van der Waals surface area contributed by atoms with Crippen LogP contribution in [-0.2, 0) is 4.79 Å². The number of nitrogens with one attached hydrogen (secondary N) is 3. The zero-order valence-corrected chi connectivity index (χ0v) is 15.9. The maximum atomic E-state index is 11.2. The summed E-state index contributed by atoms with van der Waals surface area (Å²) in [6.45, 7) is 2.25. The lowest BCUT2D eigenvalue weighted by Crippen LogP contribution is -2.44. The van der Waals surface area contributed by atoms with Gasteiger partial charge in [-0.1, -0.05) is 100 Å². The average molecular weight is 359 g/mol. The van der Waals surface area contributed by atoms with Crippen molar-refractivity contribution >= 4 is 11.9 Å². The van der Waals surface area contributed by atoms with Crippen molar-refractivity contribution in [3.63, 3.8) is 0 Å². The van der Waals surface area contributed by atoms with Crippen LogP contribution in [0.3, 0.4) is 0 Å². The largest absolute Gasteiger partial charge is 0.369 e. The minimum atomic E-state index is -0.375. The molecular weight excluding hydrogens is 324 g/mol. The summed E-state index contributed by atoms with van der Waals surface area (Å²) in [5, 5.41) is 6.89. The van der Waals surface area contributed by atoms with E-state index in [4.69, 9.17) is 11.1 Å². The monoisotopic (exact) mass is 358 g/mol. The Kier molecular flexibility index (Phi) is 16.9. The van der Waals surface area contributed by atoms with E-state index in [0.29, 0.717) is 0 Å². The first-order valence-corrected chi connectivity index (χ1v) is 9.40. The van der Waals surface area contributed by atoms with Gasteiger partial charge in [-0.2, -0.15) is 0 Å². The van der Waals surface area contributed by atoms with E-state index in [1.807, 2.05) is 30.4 Å². The number of carbonyl (C=O) groups excluding carboxylic acids is 1. The lowest BCUT2D eigenvalue weighted by atomic mass is 10.1. The normalized spacial score (nSPS) is 12.2. The third-order valence-corrected chi connectivity index (χ3v) is 3.46. The molecule has 0 aromatic heterocycles. The summed E-state index contributed by atoms with van der Waals surface area (Å²) < 4.78 is 0. The first kappa shape index (κ1) is 23.4. The number of hydrogen-bond donors (Lipinski definition) is 4. The van der Waals surface area contributed by atoms with Gasteiger partial charge in [-0.05, 0) is 12.8 Å². The predicted octanol–water partition coefficient (Wildman–Crippen LogP) is 4.42. The predicted molar refractivity (Wildman–Crippen MR) is 112 cm³/mol. The molecule has 0 fully saturated rings. The molecule has 0 aromatic rings. The number of nitrogens with two attached hydrogens (primary N) is 1. The summed E-state index contributed by atoms with van der Waals surface area (Å²) in [5.74, 6) is -0.687. The number of hydrogen-bond acceptors (Lipinski definition) is 2. The SMILES string of the molecule is CCCCCCCCC/C=C/C=C/C=C/C=C/C=C/C(=O)NNC(=N)N. The van der Waals surface area contributed by atoms with Gasteiger partial charge in [0.05, 0.1) is 0 Å². The quantitative estimate of drug-likeness (QED) is 0.0980. The summed E-state index contributed by atoms with van der Waals surface area (Å²) in [7, 11) is 0. The summed E-state index contributed by atoms with van der Waals surface area (Å²) >= 11 is 0. The zero-order valence-electron chi connectivity index (χ0n) is 15.9. The molecule has 144 valence electrons. The summed E-state index contributed by atoms with van der Waals surface area (Å²) in [5.41, 5.74) is 9.48. The molecule has 0 spiro atoms. The summed E-state index contributed by atoms with van der Waals surface area (Å²) in [6.07, 6.45) is 29.2. The van der Waals surface area contributed by atoms with E-state index in [1.54, 1.807) is 12.2 Å². The number of allylic oxidation sites excluding steroid dienone is 9. The standard InChI is InChI=1S/C21H34N4O/c1-2-3-4-5-6-7-8-9-10-11-12-13-14-15-16-17-18-19-20(26)24-25-21(22)23/h10-19H,2-9H2,1H3,(H,24,26)(H4,22,23,25)/b11-10+,13-12+,15-14+,17-16+,19-18+. The molecule has 5 nitrogen and oxygen atoms in total. The van der Waals surface area contributed by atoms with Gasteiger partial charge in [0, 0.05) is 6.08 Å². The number of amides is 1. The Morgan fingerprint density at radius 1 is 0.808 bits per heavy atom. The molecule has 0 atom stereocenters. The van der Waals surface area contributed by atoms with Crippen LogP contribution in [0.2, 0.25) is 0 Å². The van der Waals surface area contributed by atoms with Gasteiger partial charge in [0.15, 0.2) is 0 Å². The van der Waals surface area contributed by atoms with Crippen LogP contribution in [0.15, 0.2) is 60.8 Å². The van der Waals surface area contributed by atoms with Crippen LogP contribution in [0.1, 0.15) is 58.3 Å². The molecule has 0 heterocycles. The third-order valence-electron chi connectivity index (χ3n) is 3.46. The Labute approximate surface area is 158 Å². The topological polar surface area (TPSA) is 91.0 Å². The first-order chi connectivity index (χ1) is 12.7. The molecule has 0 saturated carbocycles. The van der Waals surface area contributed by atoms with Crippen molar-refractivity contribution in [1.29, 1.82) is 5.41 Å². The minimum Gasteiger partial charge on any atom is -0.369 e. The zero-order chi connectivity index (χ0) is 19.3. The highest BCUT2D eigenvalue weighted by molar-refractivity contribution is 5.89. The highest BCUT2D eigenvalue weighted by atomic mass is 16.2. The van der Waals surface area contributed by atoms with Crippen LogP contribution < -0.4 is 16.6 Å². The van der Waals surface area contributed by atoms with E-state index >= 15 is 0 Å². The van der Waals surface area contributed by atoms with Gasteiger partial charge in [-0.25, -0.2) is 0 Å². The van der Waals surface area contributed by atoms with Gasteiger partial charge in [-0.15, -0.1) is 0 Å². The second-order valence-electron chi connectivity index (χ2n) is 5.88. The number of hydrazine groups is 1. The summed E-state index contributed by atoms with van der Waals surface area (Å²) in [6, 6.07) is 0. The molecule has 0 unspecified atom stereocenters. The maximum Gasteiger partial charge on any atom is 0.262 e. The van der Waals surface area contributed by atoms with Crippen LogP contribution in [0, 0.1) is 5.41 Å². The molecule has 0 rings (SSSR count). The van der Waals surface area contributed by atoms with Crippen LogP contribution in [0.25, 0.3) is 0 Å². The molecular formula is C21H34N4O. The number of unbranched alkanes of at least 4 members (excludes halogenated alkanes) is 7. The fraction of sp³-hybridized carbons (Fsp3) is 0.429. The van der Waals surface area contributed by atoms with E-state index < -0.39 is 0 Å². The fourth-order valence-electron chi connectivity index (χ4n) is 2.09. The van der Waals surface area contributed by atoms with Crippen molar-refractivity contribution < 1.29 is 4.79 Å². The van der Waals surface area contributed by atoms with E-state index in [1.165, 1.54) is 51.0 Å². The Morgan fingerprint density at radius 2 is 1.35 bits per heavy atom. The smallest absolute Gasteiger partial charge is 0.262 e. The number of rotatable bonds is 13. The number of carbonyl (C=O) groups is 1. The Balaban J connectivity index is 3.65. The van der Waals surface area contributed by atoms with Crippen LogP contribution in [-0.4, -0.2) is 11.9 Å². The van der Waals surface area contributed by atoms with E-state index in [9.17, 15) is 4.79 Å². The van der Waals surface area contributed by atoms with Gasteiger partial charge in [0.25, 0.3) is 5.91 Å². The molecule has 0 aromatic carbocycles. The maximum absolute atomic E-state index is 11.2. The molecule has 0 saturated heterocycles. The van der Waals surface area contributed by atoms with Crippen molar-refractivity contribution in [2.45, 2.75) is 58.3 Å². The molecule has 5 heteroatoms. The van der Waals surface area contributed by atoms with Gasteiger partial charge in [-0.3, -0.25) is 21.1 Å². The molecule has 0 radical (unpaired) electrons. The molecule has 0 aliphatic carbocycles. The van der Waals surface area contributed by atoms with Gasteiger partial charge in [0.2, 0.25) is 5.96 Å². The lowest BCUT2D eigenvalue weighted by molar-refractivity contribution is -0.117. The van der Waals surface area contributed by atoms with E-state index in [2.05, 4.69) is 29.9 Å². The van der Waals surface area contributed by atoms with Gasteiger partial charge in [0.1, 0.15) is 0 Å². The van der Waals surface area contributed by atoms with Crippen molar-refractivity contribution in [1.82, 2.24) is 10.9 Å². The van der Waals surface area contributed by atoms with Crippen LogP contribution in [0.5, 0.6) is 0 Å². The fourth-order valence-corrected chi connectivity index (χ4v) is 2.09. The average Bonchev–Trinajstić information content (AvgIpc) is 2.62. The third kappa shape index (κ3) is 19.5. The number of guanidine groups is 1. The van der Waals surface area contributed by atoms with Crippen LogP contribution >= 0.6 is 0 Å². The molecule has 1 amide bonds. The van der Waals surface area contributed by atoms with Crippen molar-refractivity contribution in [3.8, 4) is 0 Å². The molecule has 0 aliphatic heterocycles. The highest BCUT2D eigenvalue weighted by Crippen LogP contribution is 2.08. The molecule has 0 aliphatic rings. The lowest BCUT2D eigenvalue weighted by Gasteiger charge is -2.01. The Bertz CT molecular complexity index is 516. The van der Waals surface area contributed by atoms with Crippen molar-refractivity contribution in [2.24, 2.45) is 5.73 Å². The van der Waals surface area contributed by atoms with E-state index in [0.717, 1.165) is 6.42 Å². The Morgan fingerprint density at radius 3 is 1.96 bits per heavy atom. The second kappa shape index (κ2) is 18.8. The van der Waals surface area contributed by atoms with Crippen LogP contribution in [0.4, 0.5) is 0 Å². The van der Waals surface area contributed by atoms with E-state index in [-0.39, 0.29) is 11.9 Å². The highest BCUT2D eigenvalue weighted by Gasteiger charge is 1.91. The summed E-state index contributed by atoms with van der Waals surface area (Å²) in [4.78, 5) is 11.2. The van der Waals surface area contributed by atoms with Crippen molar-refractivity contribution in [2.75, 3.05) is 0 Å².